The van der Waals surface area contributed by atoms with Crippen LogP contribution in [0.2, 0.25) is 0 Å². The van der Waals surface area contributed by atoms with Crippen LogP contribution in [0.5, 0.6) is 0 Å². The maximum Gasteiger partial charge on any atom is 0.251 e. The second kappa shape index (κ2) is 5.84. The second-order valence-corrected chi connectivity index (χ2v) is 6.09. The molecular formula is C19H22N2O. The van der Waals surface area contributed by atoms with Gasteiger partial charge >= 0.3 is 0 Å². The molecule has 114 valence electrons. The highest BCUT2D eigenvalue weighted by Gasteiger charge is 2.16. The van der Waals surface area contributed by atoms with Gasteiger partial charge in [0, 0.05) is 24.8 Å². The largest absolute Gasteiger partial charge is 0.384 e. The van der Waals surface area contributed by atoms with Crippen molar-refractivity contribution in [3.63, 3.8) is 0 Å². The summed E-state index contributed by atoms with van der Waals surface area (Å²) in [6.07, 6.45) is 1.04. The predicted octanol–water partition coefficient (Wildman–Crippen LogP) is 3.80. The summed E-state index contributed by atoms with van der Waals surface area (Å²) in [6, 6.07) is 12.6. The van der Waals surface area contributed by atoms with E-state index in [1.165, 1.54) is 16.8 Å². The zero-order chi connectivity index (χ0) is 15.7. The van der Waals surface area contributed by atoms with Gasteiger partial charge in [-0.2, -0.15) is 0 Å². The van der Waals surface area contributed by atoms with E-state index in [2.05, 4.69) is 54.8 Å². The highest BCUT2D eigenvalue weighted by atomic mass is 16.1. The summed E-state index contributed by atoms with van der Waals surface area (Å²) >= 11 is 0. The molecule has 3 heteroatoms. The predicted molar refractivity (Wildman–Crippen MR) is 91.6 cm³/mol. The van der Waals surface area contributed by atoms with E-state index in [9.17, 15) is 4.79 Å². The van der Waals surface area contributed by atoms with Crippen LogP contribution < -0.4 is 10.6 Å². The van der Waals surface area contributed by atoms with E-state index in [1.54, 1.807) is 7.05 Å². The average Bonchev–Trinajstić information content (AvgIpc) is 3.00. The monoisotopic (exact) mass is 294 g/mol. The Labute approximate surface area is 131 Å². The van der Waals surface area contributed by atoms with E-state index < -0.39 is 0 Å². The first-order valence-corrected chi connectivity index (χ1v) is 7.83. The molecule has 0 aromatic heterocycles. The lowest BCUT2D eigenvalue weighted by atomic mass is 9.92. The fraction of sp³-hybridized carbons (Fsp3) is 0.316. The minimum atomic E-state index is -0.0314. The fourth-order valence-corrected chi connectivity index (χ4v) is 2.97. The lowest BCUT2D eigenvalue weighted by molar-refractivity contribution is 0.0963. The zero-order valence-corrected chi connectivity index (χ0v) is 13.4. The molecule has 1 aliphatic rings. The Morgan fingerprint density at radius 1 is 1.18 bits per heavy atom. The van der Waals surface area contributed by atoms with Crippen LogP contribution in [0.15, 0.2) is 36.4 Å². The van der Waals surface area contributed by atoms with Gasteiger partial charge in [0.25, 0.3) is 5.91 Å². The second-order valence-electron chi connectivity index (χ2n) is 6.09. The molecule has 0 bridgehead atoms. The highest BCUT2D eigenvalue weighted by Crippen LogP contribution is 2.32. The minimum Gasteiger partial charge on any atom is -0.384 e. The molecule has 2 N–H and O–H groups in total. The van der Waals surface area contributed by atoms with Gasteiger partial charge < -0.3 is 10.6 Å². The molecule has 0 fully saturated rings. The number of carbonyl (C=O) groups is 1. The summed E-state index contributed by atoms with van der Waals surface area (Å²) < 4.78 is 0. The minimum absolute atomic E-state index is 0.0314. The van der Waals surface area contributed by atoms with E-state index >= 15 is 0 Å². The Morgan fingerprint density at radius 2 is 2.00 bits per heavy atom. The molecule has 1 aliphatic heterocycles. The molecule has 0 saturated heterocycles. The van der Waals surface area contributed by atoms with Gasteiger partial charge in [-0.3, -0.25) is 4.79 Å². The number of anilines is 1. The van der Waals surface area contributed by atoms with Crippen molar-refractivity contribution < 1.29 is 4.79 Å². The van der Waals surface area contributed by atoms with Gasteiger partial charge in [0.05, 0.1) is 0 Å². The smallest absolute Gasteiger partial charge is 0.251 e. The maximum atomic E-state index is 12.3. The molecule has 3 nitrogen and oxygen atoms in total. The average molecular weight is 294 g/mol. The molecule has 0 unspecified atom stereocenters. The van der Waals surface area contributed by atoms with Gasteiger partial charge in [0.2, 0.25) is 0 Å². The number of nitrogens with one attached hydrogen (secondary N) is 2. The molecule has 0 spiro atoms. The van der Waals surface area contributed by atoms with Crippen molar-refractivity contribution in [2.45, 2.75) is 26.2 Å². The molecule has 0 radical (unpaired) electrons. The van der Waals surface area contributed by atoms with Crippen molar-refractivity contribution in [2.24, 2.45) is 0 Å². The third-order valence-electron chi connectivity index (χ3n) is 4.31. The van der Waals surface area contributed by atoms with Gasteiger partial charge in [-0.25, -0.2) is 0 Å². The summed E-state index contributed by atoms with van der Waals surface area (Å²) in [5, 5.41) is 6.13. The van der Waals surface area contributed by atoms with Crippen LogP contribution in [-0.2, 0) is 6.42 Å². The maximum absolute atomic E-state index is 12.3. The molecule has 1 heterocycles. The Kier molecular flexibility index (Phi) is 3.88. The summed E-state index contributed by atoms with van der Waals surface area (Å²) in [5.74, 6) is 0.373. The summed E-state index contributed by atoms with van der Waals surface area (Å²) in [4.78, 5) is 12.3. The topological polar surface area (TPSA) is 41.1 Å². The molecular weight excluding hydrogens is 272 g/mol. The van der Waals surface area contributed by atoms with Crippen molar-refractivity contribution in [3.05, 3.63) is 53.1 Å². The van der Waals surface area contributed by atoms with E-state index in [4.69, 9.17) is 0 Å². The van der Waals surface area contributed by atoms with Crippen molar-refractivity contribution >= 4 is 11.6 Å². The molecule has 2 aromatic rings. The van der Waals surface area contributed by atoms with E-state index in [0.717, 1.165) is 29.7 Å². The van der Waals surface area contributed by atoms with Crippen molar-refractivity contribution in [2.75, 3.05) is 18.9 Å². The summed E-state index contributed by atoms with van der Waals surface area (Å²) in [7, 11) is 1.68. The number of amides is 1. The molecule has 0 aliphatic carbocycles. The molecule has 1 amide bonds. The van der Waals surface area contributed by atoms with Gasteiger partial charge in [-0.1, -0.05) is 32.0 Å². The Hall–Kier alpha value is -2.29. The van der Waals surface area contributed by atoms with Gasteiger partial charge in [-0.05, 0) is 52.8 Å². The van der Waals surface area contributed by atoms with E-state index in [1.807, 2.05) is 6.07 Å². The number of rotatable bonds is 3. The van der Waals surface area contributed by atoms with Crippen molar-refractivity contribution in [1.82, 2.24) is 5.32 Å². The van der Waals surface area contributed by atoms with Crippen LogP contribution in [-0.4, -0.2) is 19.5 Å². The first kappa shape index (κ1) is 14.6. The van der Waals surface area contributed by atoms with Crippen LogP contribution in [0.3, 0.4) is 0 Å². The zero-order valence-electron chi connectivity index (χ0n) is 13.4. The molecule has 0 atom stereocenters. The lowest BCUT2D eigenvalue weighted by Gasteiger charge is -2.14. The quantitative estimate of drug-likeness (QED) is 0.904. The number of hydrogen-bond donors (Lipinski definition) is 2. The number of hydrogen-bond acceptors (Lipinski definition) is 2. The number of benzene rings is 2. The normalized spacial score (nSPS) is 12.9. The molecule has 22 heavy (non-hydrogen) atoms. The Balaban J connectivity index is 2.11. The Bertz CT molecular complexity index is 719. The third-order valence-corrected chi connectivity index (χ3v) is 4.31. The highest BCUT2D eigenvalue weighted by molar-refractivity contribution is 6.01. The van der Waals surface area contributed by atoms with Crippen LogP contribution >= 0.6 is 0 Å². The van der Waals surface area contributed by atoms with E-state index in [0.29, 0.717) is 5.92 Å². The van der Waals surface area contributed by atoms with Gasteiger partial charge in [0.15, 0.2) is 0 Å². The SMILES string of the molecule is CNC(=O)c1cc(C(C)C)ccc1-c1ccc2c(c1)CCN2. The van der Waals surface area contributed by atoms with Crippen molar-refractivity contribution in [1.29, 1.82) is 0 Å². The van der Waals surface area contributed by atoms with Crippen molar-refractivity contribution in [3.8, 4) is 11.1 Å². The van der Waals surface area contributed by atoms with Crippen LogP contribution in [0.1, 0.15) is 41.3 Å². The van der Waals surface area contributed by atoms with Gasteiger partial charge in [0.1, 0.15) is 0 Å². The van der Waals surface area contributed by atoms with Crippen LogP contribution in [0, 0.1) is 0 Å². The summed E-state index contributed by atoms with van der Waals surface area (Å²) in [5.41, 5.74) is 6.58. The number of carbonyl (C=O) groups excluding carboxylic acids is 1. The van der Waals surface area contributed by atoms with E-state index in [-0.39, 0.29) is 5.91 Å². The molecule has 3 rings (SSSR count). The number of fused-ring (bicyclic) bond motifs is 1. The van der Waals surface area contributed by atoms with Gasteiger partial charge in [-0.15, -0.1) is 0 Å². The first-order chi connectivity index (χ1) is 10.6. The first-order valence-electron chi connectivity index (χ1n) is 7.83. The Morgan fingerprint density at radius 3 is 2.73 bits per heavy atom. The molecule has 0 saturated carbocycles. The molecule has 2 aromatic carbocycles. The fourth-order valence-electron chi connectivity index (χ4n) is 2.97. The van der Waals surface area contributed by atoms with Crippen LogP contribution in [0.25, 0.3) is 11.1 Å². The standard InChI is InChI=1S/C19H22N2O/c1-12(2)13-4-6-16(17(11-13)19(22)20-3)14-5-7-18-15(10-14)8-9-21-18/h4-7,10-12,21H,8-9H2,1-3H3,(H,20,22). The van der Waals surface area contributed by atoms with Crippen LogP contribution in [0.4, 0.5) is 5.69 Å². The lowest BCUT2D eigenvalue weighted by Crippen LogP contribution is -2.19. The third kappa shape index (κ3) is 2.59. The summed E-state index contributed by atoms with van der Waals surface area (Å²) in [6.45, 7) is 5.28.